The Morgan fingerprint density at radius 1 is 1.15 bits per heavy atom. The predicted molar refractivity (Wildman–Crippen MR) is 74.4 cm³/mol. The fraction of sp³-hybridized carbons (Fsp3) is 0.867. The second kappa shape index (κ2) is 5.26. The first kappa shape index (κ1) is 13.7. The molecule has 112 valence electrons. The number of aliphatic carboxylic acids is 1. The summed E-state index contributed by atoms with van der Waals surface area (Å²) in [6, 6.07) is 0.196. The highest BCUT2D eigenvalue weighted by molar-refractivity contribution is 5.79. The molecule has 3 aliphatic heterocycles. The minimum absolute atomic E-state index is 0.0612. The van der Waals surface area contributed by atoms with Gasteiger partial charge in [0, 0.05) is 25.2 Å². The van der Waals surface area contributed by atoms with Gasteiger partial charge in [-0.05, 0) is 38.0 Å². The van der Waals surface area contributed by atoms with E-state index in [1.54, 1.807) is 0 Å². The normalized spacial score (nSPS) is 33.8. The Kier molecular flexibility index (Phi) is 3.61. The molecule has 0 radical (unpaired) electrons. The number of carbonyl (C=O) groups is 2. The highest BCUT2D eigenvalue weighted by atomic mass is 16.4. The molecule has 3 saturated heterocycles. The second-order valence-electron chi connectivity index (χ2n) is 6.51. The fourth-order valence-corrected chi connectivity index (χ4v) is 4.25. The van der Waals surface area contributed by atoms with Crippen molar-refractivity contribution in [1.82, 2.24) is 9.80 Å². The number of hydrogen-bond acceptors (Lipinski definition) is 2. The van der Waals surface area contributed by atoms with E-state index in [2.05, 4.69) is 6.92 Å². The predicted octanol–water partition coefficient (Wildman–Crippen LogP) is 2.17. The molecule has 0 aromatic heterocycles. The van der Waals surface area contributed by atoms with Gasteiger partial charge >= 0.3 is 12.0 Å². The van der Waals surface area contributed by atoms with Crippen LogP contribution in [0.1, 0.15) is 45.4 Å². The van der Waals surface area contributed by atoms with Gasteiger partial charge in [0.2, 0.25) is 0 Å². The number of nitrogens with zero attached hydrogens (tertiary/aromatic N) is 2. The number of rotatable bonds is 2. The van der Waals surface area contributed by atoms with E-state index in [4.69, 9.17) is 0 Å². The molecule has 3 rings (SSSR count). The summed E-state index contributed by atoms with van der Waals surface area (Å²) in [6.45, 7) is 3.89. The lowest BCUT2D eigenvalue weighted by Gasteiger charge is -2.36. The van der Waals surface area contributed by atoms with Gasteiger partial charge in [0.15, 0.2) is 0 Å². The molecule has 5 heteroatoms. The maximum Gasteiger partial charge on any atom is 0.320 e. The lowest BCUT2D eigenvalue weighted by molar-refractivity contribution is -0.142. The van der Waals surface area contributed by atoms with Gasteiger partial charge in [0.05, 0.1) is 5.92 Å². The molecule has 1 N–H and O–H groups in total. The molecule has 0 aromatic carbocycles. The van der Waals surface area contributed by atoms with E-state index in [1.165, 1.54) is 6.42 Å². The van der Waals surface area contributed by atoms with E-state index >= 15 is 0 Å². The first-order chi connectivity index (χ1) is 9.61. The van der Waals surface area contributed by atoms with E-state index in [1.807, 2.05) is 9.80 Å². The van der Waals surface area contributed by atoms with Crippen molar-refractivity contribution in [2.24, 2.45) is 11.8 Å². The summed E-state index contributed by atoms with van der Waals surface area (Å²) in [5, 5.41) is 9.26. The van der Waals surface area contributed by atoms with Crippen molar-refractivity contribution >= 4 is 12.0 Å². The molecule has 3 fully saturated rings. The first-order valence-corrected chi connectivity index (χ1v) is 7.91. The number of hydrogen-bond donors (Lipinski definition) is 1. The number of urea groups is 1. The summed E-state index contributed by atoms with van der Waals surface area (Å²) in [6.07, 6.45) is 5.86. The number of fused-ring (bicyclic) bond motifs is 2. The Morgan fingerprint density at radius 3 is 2.40 bits per heavy atom. The van der Waals surface area contributed by atoms with Gasteiger partial charge in [-0.2, -0.15) is 0 Å². The minimum Gasteiger partial charge on any atom is -0.481 e. The third-order valence-electron chi connectivity index (χ3n) is 5.54. The van der Waals surface area contributed by atoms with Crippen LogP contribution in [0.4, 0.5) is 4.79 Å². The molecular formula is C15H24N2O3. The fourth-order valence-electron chi connectivity index (χ4n) is 4.25. The molecular weight excluding hydrogens is 256 g/mol. The van der Waals surface area contributed by atoms with Gasteiger partial charge in [0.1, 0.15) is 0 Å². The minimum atomic E-state index is -0.736. The van der Waals surface area contributed by atoms with Crippen molar-refractivity contribution in [3.05, 3.63) is 0 Å². The molecule has 0 aliphatic carbocycles. The maximum absolute atomic E-state index is 12.7. The third kappa shape index (κ3) is 2.17. The monoisotopic (exact) mass is 280 g/mol. The van der Waals surface area contributed by atoms with Crippen LogP contribution in [0.25, 0.3) is 0 Å². The molecule has 3 heterocycles. The highest BCUT2D eigenvalue weighted by Crippen LogP contribution is 2.42. The van der Waals surface area contributed by atoms with Crippen molar-refractivity contribution < 1.29 is 14.7 Å². The molecule has 3 aliphatic rings. The summed E-state index contributed by atoms with van der Waals surface area (Å²) < 4.78 is 0. The van der Waals surface area contributed by atoms with Crippen LogP contribution in [0.3, 0.4) is 0 Å². The Balaban J connectivity index is 1.65. The van der Waals surface area contributed by atoms with Crippen LogP contribution < -0.4 is 0 Å². The lowest BCUT2D eigenvalue weighted by atomic mass is 9.89. The summed E-state index contributed by atoms with van der Waals surface area (Å²) in [7, 11) is 0. The summed E-state index contributed by atoms with van der Waals surface area (Å²) in [5.74, 6) is -0.327. The zero-order valence-electron chi connectivity index (χ0n) is 12.1. The van der Waals surface area contributed by atoms with Crippen LogP contribution in [0.2, 0.25) is 0 Å². The average Bonchev–Trinajstić information content (AvgIpc) is 3.04. The molecule has 0 spiro atoms. The highest BCUT2D eigenvalue weighted by Gasteiger charge is 2.52. The topological polar surface area (TPSA) is 60.9 Å². The lowest BCUT2D eigenvalue weighted by Crippen LogP contribution is -2.49. The van der Waals surface area contributed by atoms with Crippen molar-refractivity contribution in [2.45, 2.75) is 57.5 Å². The SMILES string of the molecule is CCC1CCN(C(=O)N2C3CCC2C(C(=O)O)C3)CC1. The van der Waals surface area contributed by atoms with E-state index in [0.29, 0.717) is 6.42 Å². The van der Waals surface area contributed by atoms with Gasteiger partial charge in [-0.15, -0.1) is 0 Å². The van der Waals surface area contributed by atoms with Crippen molar-refractivity contribution in [2.75, 3.05) is 13.1 Å². The number of carboxylic acid groups (broad SMARTS) is 1. The summed E-state index contributed by atoms with van der Waals surface area (Å²) in [4.78, 5) is 27.8. The molecule has 2 amide bonds. The van der Waals surface area contributed by atoms with Crippen LogP contribution in [0, 0.1) is 11.8 Å². The maximum atomic E-state index is 12.7. The quantitative estimate of drug-likeness (QED) is 0.843. The van der Waals surface area contributed by atoms with Crippen molar-refractivity contribution in [3.63, 3.8) is 0 Å². The van der Waals surface area contributed by atoms with Gasteiger partial charge in [-0.25, -0.2) is 4.79 Å². The zero-order chi connectivity index (χ0) is 14.3. The van der Waals surface area contributed by atoms with Crippen LogP contribution in [-0.4, -0.2) is 52.1 Å². The average molecular weight is 280 g/mol. The number of likely N-dealkylation sites (tertiary alicyclic amines) is 1. The Morgan fingerprint density at radius 2 is 1.85 bits per heavy atom. The van der Waals surface area contributed by atoms with Crippen LogP contribution >= 0.6 is 0 Å². The molecule has 0 aromatic rings. The second-order valence-corrected chi connectivity index (χ2v) is 6.51. The van der Waals surface area contributed by atoms with Gasteiger partial charge in [-0.3, -0.25) is 4.79 Å². The molecule has 3 atom stereocenters. The van der Waals surface area contributed by atoms with Crippen molar-refractivity contribution in [1.29, 1.82) is 0 Å². The van der Waals surface area contributed by atoms with Crippen LogP contribution in [0.5, 0.6) is 0 Å². The molecule has 0 saturated carbocycles. The Hall–Kier alpha value is -1.26. The van der Waals surface area contributed by atoms with Gasteiger partial charge in [0.25, 0.3) is 0 Å². The van der Waals surface area contributed by atoms with Crippen LogP contribution in [-0.2, 0) is 4.79 Å². The zero-order valence-corrected chi connectivity index (χ0v) is 12.1. The Bertz CT molecular complexity index is 404. The van der Waals surface area contributed by atoms with E-state index < -0.39 is 5.97 Å². The Labute approximate surface area is 119 Å². The van der Waals surface area contributed by atoms with E-state index in [0.717, 1.165) is 44.7 Å². The largest absolute Gasteiger partial charge is 0.481 e. The van der Waals surface area contributed by atoms with Crippen LogP contribution in [0.15, 0.2) is 0 Å². The van der Waals surface area contributed by atoms with Gasteiger partial charge in [-0.1, -0.05) is 13.3 Å². The number of carbonyl (C=O) groups excluding carboxylic acids is 1. The number of carboxylic acids is 1. The molecule has 3 unspecified atom stereocenters. The summed E-state index contributed by atoms with van der Waals surface area (Å²) >= 11 is 0. The van der Waals surface area contributed by atoms with E-state index in [9.17, 15) is 14.7 Å². The molecule has 20 heavy (non-hydrogen) atoms. The van der Waals surface area contributed by atoms with Crippen molar-refractivity contribution in [3.8, 4) is 0 Å². The van der Waals surface area contributed by atoms with E-state index in [-0.39, 0.29) is 24.0 Å². The first-order valence-electron chi connectivity index (χ1n) is 7.91. The number of piperidine rings is 1. The number of amides is 2. The molecule has 5 nitrogen and oxygen atoms in total. The molecule has 2 bridgehead atoms. The standard InChI is InChI=1S/C15H24N2O3/c1-2-10-5-7-16(8-6-10)15(20)17-11-3-4-13(17)12(9-11)14(18)19/h10-13H,2-9H2,1H3,(H,18,19). The summed E-state index contributed by atoms with van der Waals surface area (Å²) in [5.41, 5.74) is 0. The smallest absolute Gasteiger partial charge is 0.320 e. The van der Waals surface area contributed by atoms with Gasteiger partial charge < -0.3 is 14.9 Å². The third-order valence-corrected chi connectivity index (χ3v) is 5.54.